The molecule has 1 N–H and O–H groups in total. The Balaban J connectivity index is 2.08. The van der Waals surface area contributed by atoms with E-state index in [1.807, 2.05) is 13.8 Å². The molecule has 2 aliphatic rings. The van der Waals surface area contributed by atoms with Crippen molar-refractivity contribution in [2.45, 2.75) is 56.9 Å². The summed E-state index contributed by atoms with van der Waals surface area (Å²) in [7, 11) is -1.83. The normalized spacial score (nSPS) is 19.1. The first-order valence-electron chi connectivity index (χ1n) is 8.52. The van der Waals surface area contributed by atoms with E-state index in [2.05, 4.69) is 4.72 Å². The van der Waals surface area contributed by atoms with Gasteiger partial charge in [0.25, 0.3) is 5.91 Å². The molecule has 0 spiro atoms. The minimum Gasteiger partial charge on any atom is -0.311 e. The molecule has 1 saturated carbocycles. The lowest BCUT2D eigenvalue weighted by Gasteiger charge is -2.13. The fourth-order valence-electron chi connectivity index (χ4n) is 3.38. The molecule has 130 valence electrons. The lowest BCUT2D eigenvalue weighted by Crippen LogP contribution is -2.32. The number of nitrogens with zero attached hydrogens (tertiary/aromatic N) is 1. The number of allylic oxidation sites excluding steroid dienone is 1. The summed E-state index contributed by atoms with van der Waals surface area (Å²) in [5.74, 6) is -0.0219. The monoisotopic (exact) mass is 348 g/mol. The van der Waals surface area contributed by atoms with Gasteiger partial charge in [0, 0.05) is 24.2 Å². The molecule has 0 radical (unpaired) electrons. The van der Waals surface area contributed by atoms with Crippen LogP contribution in [0.5, 0.6) is 0 Å². The van der Waals surface area contributed by atoms with Crippen LogP contribution in [0, 0.1) is 0 Å². The predicted molar refractivity (Wildman–Crippen MR) is 95.3 cm³/mol. The largest absolute Gasteiger partial charge is 0.311 e. The Morgan fingerprint density at radius 3 is 2.54 bits per heavy atom. The van der Waals surface area contributed by atoms with Gasteiger partial charge in [-0.2, -0.15) is 0 Å². The van der Waals surface area contributed by atoms with Crippen LogP contribution in [0.25, 0.3) is 5.57 Å². The van der Waals surface area contributed by atoms with E-state index in [0.717, 1.165) is 48.9 Å². The molecule has 1 fully saturated rings. The van der Waals surface area contributed by atoms with Crippen LogP contribution in [0.2, 0.25) is 0 Å². The fourth-order valence-corrected chi connectivity index (χ4v) is 4.73. The molecule has 24 heavy (non-hydrogen) atoms. The van der Waals surface area contributed by atoms with E-state index in [-0.39, 0.29) is 16.8 Å². The lowest BCUT2D eigenvalue weighted by molar-refractivity contribution is -0.112. The number of carbonyl (C=O) groups is 1. The molecule has 6 heteroatoms. The Labute approximate surface area is 143 Å². The maximum absolute atomic E-state index is 12.6. The molecule has 3 rings (SSSR count). The molecular formula is C18H24N2O3S. The van der Waals surface area contributed by atoms with Crippen molar-refractivity contribution in [1.82, 2.24) is 4.72 Å². The molecule has 1 aromatic rings. The number of fused-ring (bicyclic) bond motifs is 1. The van der Waals surface area contributed by atoms with E-state index in [9.17, 15) is 13.2 Å². The van der Waals surface area contributed by atoms with Crippen LogP contribution in [-0.4, -0.2) is 27.4 Å². The van der Waals surface area contributed by atoms with Crippen molar-refractivity contribution in [3.05, 3.63) is 29.3 Å². The van der Waals surface area contributed by atoms with Gasteiger partial charge in [-0.1, -0.05) is 12.5 Å². The van der Waals surface area contributed by atoms with Crippen LogP contribution < -0.4 is 9.62 Å². The van der Waals surface area contributed by atoms with E-state index >= 15 is 0 Å². The maximum atomic E-state index is 12.6. The van der Waals surface area contributed by atoms with E-state index in [1.54, 1.807) is 30.1 Å². The number of anilines is 1. The van der Waals surface area contributed by atoms with Gasteiger partial charge in [-0.25, -0.2) is 13.1 Å². The third-order valence-electron chi connectivity index (χ3n) is 4.96. The molecule has 1 atom stereocenters. The number of amides is 1. The Morgan fingerprint density at radius 1 is 1.25 bits per heavy atom. The van der Waals surface area contributed by atoms with Gasteiger partial charge in [-0.05, 0) is 57.2 Å². The van der Waals surface area contributed by atoms with Gasteiger partial charge in [0.05, 0.1) is 10.6 Å². The number of carbonyl (C=O) groups excluding carboxylic acids is 1. The minimum absolute atomic E-state index is 0.0219. The molecule has 5 nitrogen and oxygen atoms in total. The third kappa shape index (κ3) is 2.89. The summed E-state index contributed by atoms with van der Waals surface area (Å²) in [5, 5.41) is 0. The SMILES string of the molecule is CC[C@H](C)NS(=O)(=O)c1ccc2c(c1)C(=C1CCCC1)C(=O)N2C. The summed E-state index contributed by atoms with van der Waals surface area (Å²) in [6, 6.07) is 4.85. The van der Waals surface area contributed by atoms with Gasteiger partial charge < -0.3 is 4.90 Å². The van der Waals surface area contributed by atoms with Crippen LogP contribution >= 0.6 is 0 Å². The number of nitrogens with one attached hydrogen (secondary N) is 1. The summed E-state index contributed by atoms with van der Waals surface area (Å²) >= 11 is 0. The van der Waals surface area contributed by atoms with Crippen LogP contribution in [-0.2, 0) is 14.8 Å². The van der Waals surface area contributed by atoms with E-state index in [4.69, 9.17) is 0 Å². The van der Waals surface area contributed by atoms with E-state index in [0.29, 0.717) is 5.57 Å². The summed E-state index contributed by atoms with van der Waals surface area (Å²) in [4.78, 5) is 14.5. The van der Waals surface area contributed by atoms with Crippen molar-refractivity contribution in [1.29, 1.82) is 0 Å². The smallest absolute Gasteiger partial charge is 0.258 e. The number of rotatable bonds is 4. The van der Waals surface area contributed by atoms with E-state index < -0.39 is 10.0 Å². The van der Waals surface area contributed by atoms with E-state index in [1.165, 1.54) is 0 Å². The number of benzene rings is 1. The second-order valence-corrected chi connectivity index (χ2v) is 8.37. The van der Waals surface area contributed by atoms with Gasteiger partial charge in [-0.3, -0.25) is 4.79 Å². The van der Waals surface area contributed by atoms with Crippen LogP contribution in [0.4, 0.5) is 5.69 Å². The topological polar surface area (TPSA) is 66.5 Å². The molecule has 0 bridgehead atoms. The highest BCUT2D eigenvalue weighted by Gasteiger charge is 2.34. The molecule has 1 aliphatic carbocycles. The average molecular weight is 348 g/mol. The Kier molecular flexibility index (Phi) is 4.53. The number of hydrogen-bond acceptors (Lipinski definition) is 3. The van der Waals surface area contributed by atoms with Crippen molar-refractivity contribution < 1.29 is 13.2 Å². The van der Waals surface area contributed by atoms with Crippen molar-refractivity contribution in [2.24, 2.45) is 0 Å². The molecule has 1 aromatic carbocycles. The maximum Gasteiger partial charge on any atom is 0.258 e. The summed E-state index contributed by atoms with van der Waals surface area (Å²) < 4.78 is 27.8. The molecule has 1 aliphatic heterocycles. The zero-order valence-electron chi connectivity index (χ0n) is 14.4. The summed E-state index contributed by atoms with van der Waals surface area (Å²) in [6.07, 6.45) is 4.77. The highest BCUT2D eigenvalue weighted by atomic mass is 32.2. The predicted octanol–water partition coefficient (Wildman–Crippen LogP) is 3.07. The highest BCUT2D eigenvalue weighted by Crippen LogP contribution is 2.42. The zero-order chi connectivity index (χ0) is 17.5. The van der Waals surface area contributed by atoms with Crippen molar-refractivity contribution in [2.75, 3.05) is 11.9 Å². The first-order valence-corrected chi connectivity index (χ1v) is 10.00. The Hall–Kier alpha value is -1.66. The van der Waals surface area contributed by atoms with Crippen molar-refractivity contribution in [3.8, 4) is 0 Å². The molecular weight excluding hydrogens is 324 g/mol. The third-order valence-corrected chi connectivity index (χ3v) is 6.54. The standard InChI is InChI=1S/C18H24N2O3S/c1-4-12(2)19-24(22,23)14-9-10-16-15(11-14)17(18(21)20(16)3)13-7-5-6-8-13/h9-12,19H,4-8H2,1-3H3/t12-/m0/s1. The Morgan fingerprint density at radius 2 is 1.92 bits per heavy atom. The highest BCUT2D eigenvalue weighted by molar-refractivity contribution is 7.89. The molecule has 1 heterocycles. The second kappa shape index (κ2) is 6.33. The first kappa shape index (κ1) is 17.2. The summed E-state index contributed by atoms with van der Waals surface area (Å²) in [5.41, 5.74) is 3.42. The molecule has 0 aromatic heterocycles. The number of sulfonamides is 1. The van der Waals surface area contributed by atoms with Gasteiger partial charge >= 0.3 is 0 Å². The number of likely N-dealkylation sites (N-methyl/N-ethyl adjacent to an activating group) is 1. The van der Waals surface area contributed by atoms with Gasteiger partial charge in [0.1, 0.15) is 0 Å². The first-order chi connectivity index (χ1) is 11.3. The van der Waals surface area contributed by atoms with Gasteiger partial charge in [-0.15, -0.1) is 0 Å². The second-order valence-electron chi connectivity index (χ2n) is 6.66. The zero-order valence-corrected chi connectivity index (χ0v) is 15.2. The van der Waals surface area contributed by atoms with Gasteiger partial charge in [0.2, 0.25) is 10.0 Å². The van der Waals surface area contributed by atoms with Crippen LogP contribution in [0.15, 0.2) is 28.7 Å². The summed E-state index contributed by atoms with van der Waals surface area (Å²) in [6.45, 7) is 3.78. The van der Waals surface area contributed by atoms with Crippen LogP contribution in [0.3, 0.4) is 0 Å². The van der Waals surface area contributed by atoms with Crippen molar-refractivity contribution >= 4 is 27.2 Å². The molecule has 1 amide bonds. The van der Waals surface area contributed by atoms with Gasteiger partial charge in [0.15, 0.2) is 0 Å². The van der Waals surface area contributed by atoms with Crippen molar-refractivity contribution in [3.63, 3.8) is 0 Å². The molecule has 0 saturated heterocycles. The number of hydrogen-bond donors (Lipinski definition) is 1. The van der Waals surface area contributed by atoms with Crippen LogP contribution in [0.1, 0.15) is 51.5 Å². The quantitative estimate of drug-likeness (QED) is 0.851. The minimum atomic E-state index is -3.58. The average Bonchev–Trinajstić information content (AvgIpc) is 3.14. The molecule has 0 unspecified atom stereocenters. The lowest BCUT2D eigenvalue weighted by atomic mass is 10.00. The Bertz CT molecular complexity index is 804. The fraction of sp³-hybridized carbons (Fsp3) is 0.500.